The van der Waals surface area contributed by atoms with E-state index in [2.05, 4.69) is 0 Å². The van der Waals surface area contributed by atoms with Crippen LogP contribution in [0.4, 0.5) is 22.7 Å². The molecule has 0 radical (unpaired) electrons. The van der Waals surface area contributed by atoms with Crippen LogP contribution < -0.4 is 22.9 Å². The number of ketones is 2. The van der Waals surface area contributed by atoms with Crippen LogP contribution >= 0.6 is 0 Å². The highest BCUT2D eigenvalue weighted by atomic mass is 16.1. The van der Waals surface area contributed by atoms with E-state index in [1.54, 1.807) is 30.3 Å². The molecule has 8 N–H and O–H groups in total. The summed E-state index contributed by atoms with van der Waals surface area (Å²) in [5.74, 6) is -0.557. The van der Waals surface area contributed by atoms with Crippen molar-refractivity contribution < 1.29 is 9.59 Å². The Bertz CT molecular complexity index is 1010. The Morgan fingerprint density at radius 1 is 0.577 bits per heavy atom. The second-order valence-electron chi connectivity index (χ2n) is 5.86. The fourth-order valence-electron chi connectivity index (χ4n) is 2.66. The van der Waals surface area contributed by atoms with Gasteiger partial charge in [0.2, 0.25) is 0 Å². The van der Waals surface area contributed by atoms with E-state index in [-0.39, 0.29) is 39.8 Å². The van der Waals surface area contributed by atoms with Crippen molar-refractivity contribution in [2.24, 2.45) is 0 Å². The van der Waals surface area contributed by atoms with Gasteiger partial charge in [0, 0.05) is 27.9 Å². The standard InChI is InChI=1S/C20H18N4O2/c21-15-9-8-14(17(23)18(15)24)20(26)13-7-6-12(10-16(13)22)19(25)11-4-2-1-3-5-11/h1-10H,21-24H2. The highest BCUT2D eigenvalue weighted by Crippen LogP contribution is 2.29. The third-order valence-corrected chi connectivity index (χ3v) is 4.16. The maximum absolute atomic E-state index is 12.8. The van der Waals surface area contributed by atoms with Gasteiger partial charge in [-0.25, -0.2) is 0 Å². The maximum atomic E-state index is 12.8. The van der Waals surface area contributed by atoms with E-state index in [1.165, 1.54) is 24.3 Å². The maximum Gasteiger partial charge on any atom is 0.197 e. The van der Waals surface area contributed by atoms with Gasteiger partial charge in [-0.3, -0.25) is 9.59 Å². The van der Waals surface area contributed by atoms with Crippen molar-refractivity contribution in [2.45, 2.75) is 0 Å². The van der Waals surface area contributed by atoms with Crippen molar-refractivity contribution in [3.05, 3.63) is 82.9 Å². The molecule has 0 atom stereocenters. The lowest BCUT2D eigenvalue weighted by Gasteiger charge is -2.12. The number of anilines is 4. The van der Waals surface area contributed by atoms with Gasteiger partial charge in [0.05, 0.1) is 17.1 Å². The molecule has 3 aromatic carbocycles. The van der Waals surface area contributed by atoms with Gasteiger partial charge in [0.25, 0.3) is 0 Å². The Hall–Kier alpha value is -3.80. The Labute approximate surface area is 150 Å². The molecule has 3 rings (SSSR count). The summed E-state index contributed by atoms with van der Waals surface area (Å²) in [4.78, 5) is 25.3. The van der Waals surface area contributed by atoms with E-state index in [1.807, 2.05) is 6.07 Å². The molecule has 0 aliphatic carbocycles. The molecule has 0 spiro atoms. The lowest BCUT2D eigenvalue weighted by Crippen LogP contribution is -2.12. The number of rotatable bonds is 4. The van der Waals surface area contributed by atoms with Crippen molar-refractivity contribution in [1.82, 2.24) is 0 Å². The molecule has 0 aliphatic rings. The highest BCUT2D eigenvalue weighted by Gasteiger charge is 2.19. The zero-order valence-corrected chi connectivity index (χ0v) is 13.9. The smallest absolute Gasteiger partial charge is 0.197 e. The SMILES string of the molecule is Nc1cc(C(=O)c2ccccc2)ccc1C(=O)c1ccc(N)c(N)c1N. The van der Waals surface area contributed by atoms with Crippen LogP contribution in [0.2, 0.25) is 0 Å². The molecule has 0 heterocycles. The average molecular weight is 346 g/mol. The zero-order chi connectivity index (χ0) is 18.8. The summed E-state index contributed by atoms with van der Waals surface area (Å²) >= 11 is 0. The quantitative estimate of drug-likeness (QED) is 0.423. The first-order valence-corrected chi connectivity index (χ1v) is 7.87. The van der Waals surface area contributed by atoms with Crippen LogP contribution in [-0.2, 0) is 0 Å². The van der Waals surface area contributed by atoms with Crippen LogP contribution in [0, 0.1) is 0 Å². The van der Waals surface area contributed by atoms with Crippen LogP contribution in [0.1, 0.15) is 31.8 Å². The average Bonchev–Trinajstić information content (AvgIpc) is 2.66. The molecule has 0 aliphatic heterocycles. The van der Waals surface area contributed by atoms with Crippen molar-refractivity contribution in [3.8, 4) is 0 Å². The van der Waals surface area contributed by atoms with E-state index in [4.69, 9.17) is 22.9 Å². The summed E-state index contributed by atoms with van der Waals surface area (Å²) in [7, 11) is 0. The van der Waals surface area contributed by atoms with Crippen LogP contribution in [0.15, 0.2) is 60.7 Å². The van der Waals surface area contributed by atoms with Crippen molar-refractivity contribution in [3.63, 3.8) is 0 Å². The van der Waals surface area contributed by atoms with Gasteiger partial charge in [-0.15, -0.1) is 0 Å². The van der Waals surface area contributed by atoms with Gasteiger partial charge in [-0.05, 0) is 24.3 Å². The largest absolute Gasteiger partial charge is 0.398 e. The van der Waals surface area contributed by atoms with Gasteiger partial charge in [0.15, 0.2) is 11.6 Å². The number of carbonyl (C=O) groups is 2. The topological polar surface area (TPSA) is 138 Å². The molecule has 26 heavy (non-hydrogen) atoms. The number of nitrogens with two attached hydrogens (primary N) is 4. The third-order valence-electron chi connectivity index (χ3n) is 4.16. The summed E-state index contributed by atoms with van der Waals surface area (Å²) < 4.78 is 0. The molecule has 0 saturated carbocycles. The van der Waals surface area contributed by atoms with E-state index in [0.29, 0.717) is 16.8 Å². The molecule has 6 nitrogen and oxygen atoms in total. The summed E-state index contributed by atoms with van der Waals surface area (Å²) in [6.45, 7) is 0. The van der Waals surface area contributed by atoms with E-state index < -0.39 is 0 Å². The monoisotopic (exact) mass is 346 g/mol. The molecule has 0 unspecified atom stereocenters. The van der Waals surface area contributed by atoms with Crippen LogP contribution in [0.25, 0.3) is 0 Å². The Kier molecular flexibility index (Phi) is 4.33. The second-order valence-corrected chi connectivity index (χ2v) is 5.86. The first-order valence-electron chi connectivity index (χ1n) is 7.87. The highest BCUT2D eigenvalue weighted by molar-refractivity contribution is 6.17. The van der Waals surface area contributed by atoms with Crippen LogP contribution in [-0.4, -0.2) is 11.6 Å². The number of nitrogen functional groups attached to an aromatic ring is 4. The van der Waals surface area contributed by atoms with E-state index in [0.717, 1.165) is 0 Å². The van der Waals surface area contributed by atoms with Crippen molar-refractivity contribution >= 4 is 34.3 Å². The summed E-state index contributed by atoms with van der Waals surface area (Å²) in [5, 5.41) is 0. The molecular weight excluding hydrogens is 328 g/mol. The van der Waals surface area contributed by atoms with Crippen molar-refractivity contribution in [1.29, 1.82) is 0 Å². The third kappa shape index (κ3) is 2.95. The molecule has 0 saturated heterocycles. The first-order chi connectivity index (χ1) is 12.4. The minimum Gasteiger partial charge on any atom is -0.398 e. The molecule has 6 heteroatoms. The summed E-state index contributed by atoms with van der Waals surface area (Å²) in [6, 6.07) is 16.4. The molecule has 130 valence electrons. The lowest BCUT2D eigenvalue weighted by atomic mass is 9.96. The molecular formula is C20H18N4O2. The van der Waals surface area contributed by atoms with Crippen LogP contribution in [0.5, 0.6) is 0 Å². The minimum absolute atomic E-state index is 0.110. The van der Waals surface area contributed by atoms with Gasteiger partial charge in [0.1, 0.15) is 0 Å². The second kappa shape index (κ2) is 6.60. The lowest BCUT2D eigenvalue weighted by molar-refractivity contribution is 0.102. The fraction of sp³-hybridized carbons (Fsp3) is 0. The zero-order valence-electron chi connectivity index (χ0n) is 13.9. The van der Waals surface area contributed by atoms with E-state index >= 15 is 0 Å². The van der Waals surface area contributed by atoms with Gasteiger partial charge in [-0.1, -0.05) is 36.4 Å². The molecule has 0 fully saturated rings. The van der Waals surface area contributed by atoms with Gasteiger partial charge in [-0.2, -0.15) is 0 Å². The van der Waals surface area contributed by atoms with E-state index in [9.17, 15) is 9.59 Å². The minimum atomic E-state index is -0.384. The Morgan fingerprint density at radius 2 is 1.23 bits per heavy atom. The van der Waals surface area contributed by atoms with Gasteiger partial charge >= 0.3 is 0 Å². The Balaban J connectivity index is 1.97. The van der Waals surface area contributed by atoms with Crippen molar-refractivity contribution in [2.75, 3.05) is 22.9 Å². The fourth-order valence-corrected chi connectivity index (χ4v) is 2.66. The normalized spacial score (nSPS) is 10.5. The first kappa shape index (κ1) is 17.0. The number of carbonyl (C=O) groups excluding carboxylic acids is 2. The predicted octanol–water partition coefficient (Wildman–Crippen LogP) is 2.48. The number of hydrogen-bond donors (Lipinski definition) is 4. The summed E-state index contributed by atoms with van der Waals surface area (Å²) in [5.41, 5.74) is 25.6. The summed E-state index contributed by atoms with van der Waals surface area (Å²) in [6.07, 6.45) is 0. The number of hydrogen-bond acceptors (Lipinski definition) is 6. The Morgan fingerprint density at radius 3 is 1.88 bits per heavy atom. The predicted molar refractivity (Wildman–Crippen MR) is 104 cm³/mol. The van der Waals surface area contributed by atoms with Crippen LogP contribution in [0.3, 0.4) is 0 Å². The van der Waals surface area contributed by atoms with Gasteiger partial charge < -0.3 is 22.9 Å². The molecule has 0 bridgehead atoms. The molecule has 0 amide bonds. The molecule has 0 aromatic heterocycles. The molecule has 3 aromatic rings. The number of benzene rings is 3.